The van der Waals surface area contributed by atoms with Crippen LogP contribution >= 0.6 is 11.6 Å². The third kappa shape index (κ3) is 4.82. The largest absolute Gasteiger partial charge is 0.493 e. The number of hydrogen-bond donors (Lipinski definition) is 1. The van der Waals surface area contributed by atoms with Gasteiger partial charge in [-0.2, -0.15) is 13.9 Å². The molecule has 0 unspecified atom stereocenters. The lowest BCUT2D eigenvalue weighted by Crippen LogP contribution is -2.15. The van der Waals surface area contributed by atoms with Gasteiger partial charge < -0.3 is 14.8 Å². The van der Waals surface area contributed by atoms with Crippen LogP contribution < -0.4 is 14.8 Å². The van der Waals surface area contributed by atoms with Crippen LogP contribution in [0.3, 0.4) is 0 Å². The summed E-state index contributed by atoms with van der Waals surface area (Å²) >= 11 is 6.06. The van der Waals surface area contributed by atoms with Crippen LogP contribution in [-0.2, 0) is 11.3 Å². The number of aryl methyl sites for hydroxylation is 2. The van der Waals surface area contributed by atoms with Crippen molar-refractivity contribution in [1.82, 2.24) is 9.78 Å². The van der Waals surface area contributed by atoms with E-state index in [0.717, 1.165) is 5.69 Å². The molecule has 1 N–H and O–H groups in total. The minimum Gasteiger partial charge on any atom is -0.493 e. The minimum absolute atomic E-state index is 0.100. The molecule has 2 aromatic rings. The van der Waals surface area contributed by atoms with Crippen LogP contribution in [0.2, 0.25) is 5.02 Å². The zero-order chi connectivity index (χ0) is 18.6. The molecular formula is C16H18ClF2N3O3. The summed E-state index contributed by atoms with van der Waals surface area (Å²) in [6.07, 6.45) is 0.176. The summed E-state index contributed by atoms with van der Waals surface area (Å²) in [5, 5.41) is 7.51. The second kappa shape index (κ2) is 8.15. The van der Waals surface area contributed by atoms with E-state index in [1.165, 1.54) is 25.3 Å². The van der Waals surface area contributed by atoms with Gasteiger partial charge in [0, 0.05) is 18.2 Å². The summed E-state index contributed by atoms with van der Waals surface area (Å²) in [5.41, 5.74) is 1.91. The summed E-state index contributed by atoms with van der Waals surface area (Å²) in [5.74, 6) is -0.260. The number of alkyl halides is 2. The SMILES string of the molecule is COc1cc(NC(=O)CCn2nc(C)c(Cl)c2C)ccc1OC(F)F. The minimum atomic E-state index is -2.96. The Morgan fingerprint density at radius 2 is 2.08 bits per heavy atom. The quantitative estimate of drug-likeness (QED) is 0.801. The topological polar surface area (TPSA) is 65.4 Å². The number of carbonyl (C=O) groups excluding carboxylic acids is 1. The number of aromatic nitrogens is 2. The molecule has 0 radical (unpaired) electrons. The number of nitrogens with zero attached hydrogens (tertiary/aromatic N) is 2. The van der Waals surface area contributed by atoms with E-state index in [1.54, 1.807) is 11.6 Å². The number of anilines is 1. The van der Waals surface area contributed by atoms with E-state index >= 15 is 0 Å². The maximum absolute atomic E-state index is 12.3. The van der Waals surface area contributed by atoms with Gasteiger partial charge in [0.25, 0.3) is 0 Å². The normalized spacial score (nSPS) is 10.8. The predicted molar refractivity (Wildman–Crippen MR) is 89.6 cm³/mol. The highest BCUT2D eigenvalue weighted by molar-refractivity contribution is 6.31. The third-order valence-corrected chi connectivity index (χ3v) is 4.05. The number of benzene rings is 1. The average Bonchev–Trinajstić information content (AvgIpc) is 2.81. The first kappa shape index (κ1) is 19.0. The molecule has 136 valence electrons. The Kier molecular flexibility index (Phi) is 6.19. The van der Waals surface area contributed by atoms with Gasteiger partial charge in [-0.05, 0) is 26.0 Å². The Bertz CT molecular complexity index is 765. The first-order valence-electron chi connectivity index (χ1n) is 7.44. The summed E-state index contributed by atoms with van der Waals surface area (Å²) in [6.45, 7) is 1.03. The number of hydrogen-bond acceptors (Lipinski definition) is 4. The number of rotatable bonds is 7. The van der Waals surface area contributed by atoms with Crippen LogP contribution in [-0.4, -0.2) is 29.4 Å². The van der Waals surface area contributed by atoms with Gasteiger partial charge in [-0.15, -0.1) is 0 Å². The summed E-state index contributed by atoms with van der Waals surface area (Å²) in [6, 6.07) is 4.18. The zero-order valence-corrected chi connectivity index (χ0v) is 14.7. The molecule has 0 atom stereocenters. The van der Waals surface area contributed by atoms with E-state index in [0.29, 0.717) is 22.9 Å². The van der Waals surface area contributed by atoms with Gasteiger partial charge in [-0.3, -0.25) is 9.48 Å². The number of ether oxygens (including phenoxy) is 2. The lowest BCUT2D eigenvalue weighted by atomic mass is 10.2. The Labute approximate surface area is 148 Å². The van der Waals surface area contributed by atoms with Gasteiger partial charge in [0.1, 0.15) is 0 Å². The average molecular weight is 374 g/mol. The Hall–Kier alpha value is -2.35. The predicted octanol–water partition coefficient (Wildman–Crippen LogP) is 3.79. The Balaban J connectivity index is 1.99. The second-order valence-electron chi connectivity index (χ2n) is 5.25. The van der Waals surface area contributed by atoms with Crippen LogP contribution in [0.15, 0.2) is 18.2 Å². The second-order valence-corrected chi connectivity index (χ2v) is 5.63. The van der Waals surface area contributed by atoms with Crippen molar-refractivity contribution < 1.29 is 23.0 Å². The van der Waals surface area contributed by atoms with Crippen LogP contribution in [0, 0.1) is 13.8 Å². The van der Waals surface area contributed by atoms with Crippen LogP contribution in [0.1, 0.15) is 17.8 Å². The first-order chi connectivity index (χ1) is 11.8. The molecule has 6 nitrogen and oxygen atoms in total. The van der Waals surface area contributed by atoms with Crippen molar-refractivity contribution in [3.05, 3.63) is 34.6 Å². The third-order valence-electron chi connectivity index (χ3n) is 3.51. The smallest absolute Gasteiger partial charge is 0.387 e. The lowest BCUT2D eigenvalue weighted by molar-refractivity contribution is -0.116. The number of methoxy groups -OCH3 is 1. The van der Waals surface area contributed by atoms with Crippen molar-refractivity contribution >= 4 is 23.2 Å². The van der Waals surface area contributed by atoms with Gasteiger partial charge in [0.15, 0.2) is 11.5 Å². The van der Waals surface area contributed by atoms with Crippen molar-refractivity contribution in [2.75, 3.05) is 12.4 Å². The molecule has 1 heterocycles. The monoisotopic (exact) mass is 373 g/mol. The maximum atomic E-state index is 12.3. The van der Waals surface area contributed by atoms with Crippen molar-refractivity contribution in [2.45, 2.75) is 33.4 Å². The van der Waals surface area contributed by atoms with Gasteiger partial charge in [-0.25, -0.2) is 0 Å². The molecule has 0 bridgehead atoms. The Morgan fingerprint density at radius 1 is 1.36 bits per heavy atom. The fourth-order valence-corrected chi connectivity index (χ4v) is 2.40. The van der Waals surface area contributed by atoms with Crippen LogP contribution in [0.25, 0.3) is 0 Å². The standard InChI is InChI=1S/C16H18ClF2N3O3/c1-9-15(17)10(2)22(21-9)7-6-14(23)20-11-4-5-12(25-16(18)19)13(8-11)24-3/h4-5,8,16H,6-7H2,1-3H3,(H,20,23). The Morgan fingerprint density at radius 3 is 2.64 bits per heavy atom. The summed E-state index contributed by atoms with van der Waals surface area (Å²) in [7, 11) is 1.33. The van der Waals surface area contributed by atoms with Crippen molar-refractivity contribution in [2.24, 2.45) is 0 Å². The fourth-order valence-electron chi connectivity index (χ4n) is 2.26. The molecule has 1 aromatic heterocycles. The molecule has 0 aliphatic rings. The molecule has 25 heavy (non-hydrogen) atoms. The lowest BCUT2D eigenvalue weighted by Gasteiger charge is -2.12. The maximum Gasteiger partial charge on any atom is 0.387 e. The molecule has 1 amide bonds. The highest BCUT2D eigenvalue weighted by Crippen LogP contribution is 2.31. The van der Waals surface area contributed by atoms with E-state index < -0.39 is 6.61 Å². The van der Waals surface area contributed by atoms with E-state index in [1.807, 2.05) is 6.92 Å². The van der Waals surface area contributed by atoms with Gasteiger partial charge in [0.2, 0.25) is 5.91 Å². The highest BCUT2D eigenvalue weighted by atomic mass is 35.5. The summed E-state index contributed by atoms with van der Waals surface area (Å²) in [4.78, 5) is 12.1. The molecule has 0 aliphatic carbocycles. The van der Waals surface area contributed by atoms with Crippen LogP contribution in [0.4, 0.5) is 14.5 Å². The van der Waals surface area contributed by atoms with Gasteiger partial charge >= 0.3 is 6.61 Å². The van der Waals surface area contributed by atoms with Crippen LogP contribution in [0.5, 0.6) is 11.5 Å². The highest BCUT2D eigenvalue weighted by Gasteiger charge is 2.13. The molecular weight excluding hydrogens is 356 g/mol. The molecule has 0 saturated heterocycles. The van der Waals surface area contributed by atoms with E-state index in [-0.39, 0.29) is 23.8 Å². The fraction of sp³-hybridized carbons (Fsp3) is 0.375. The first-order valence-corrected chi connectivity index (χ1v) is 7.81. The molecule has 0 saturated carbocycles. The molecule has 9 heteroatoms. The number of halogens is 3. The van der Waals surface area contributed by atoms with Crippen molar-refractivity contribution in [3.8, 4) is 11.5 Å². The number of carbonyl (C=O) groups is 1. The molecule has 2 rings (SSSR count). The molecule has 0 fully saturated rings. The molecule has 1 aromatic carbocycles. The zero-order valence-electron chi connectivity index (χ0n) is 14.0. The van der Waals surface area contributed by atoms with E-state index in [4.69, 9.17) is 16.3 Å². The van der Waals surface area contributed by atoms with Crippen molar-refractivity contribution in [3.63, 3.8) is 0 Å². The number of amides is 1. The van der Waals surface area contributed by atoms with E-state index in [9.17, 15) is 13.6 Å². The molecule has 0 spiro atoms. The summed E-state index contributed by atoms with van der Waals surface area (Å²) < 4.78 is 35.6. The van der Waals surface area contributed by atoms with Gasteiger partial charge in [0.05, 0.1) is 30.1 Å². The van der Waals surface area contributed by atoms with E-state index in [2.05, 4.69) is 15.2 Å². The van der Waals surface area contributed by atoms with Crippen molar-refractivity contribution in [1.29, 1.82) is 0 Å². The van der Waals surface area contributed by atoms with Gasteiger partial charge in [-0.1, -0.05) is 11.6 Å². The number of nitrogens with one attached hydrogen (secondary N) is 1. The molecule has 0 aliphatic heterocycles.